The number of alkyl halides is 3. The second kappa shape index (κ2) is 6.87. The zero-order valence-electron chi connectivity index (χ0n) is 11.9. The van der Waals surface area contributed by atoms with Crippen molar-refractivity contribution in [1.82, 2.24) is 4.98 Å². The first-order valence-corrected chi connectivity index (χ1v) is 6.87. The summed E-state index contributed by atoms with van der Waals surface area (Å²) in [5.74, 6) is -0.787. The molecule has 2 aromatic rings. The summed E-state index contributed by atoms with van der Waals surface area (Å²) in [5, 5.41) is -0.0204. The summed E-state index contributed by atoms with van der Waals surface area (Å²) in [6.45, 7) is 1.84. The number of ether oxygens (including phenoxy) is 2. The summed E-state index contributed by atoms with van der Waals surface area (Å²) in [4.78, 5) is 15.4. The lowest BCUT2D eigenvalue weighted by molar-refractivity contribution is -0.137. The van der Waals surface area contributed by atoms with Crippen LogP contribution in [0.25, 0.3) is 0 Å². The Hall–Kier alpha value is -2.28. The number of aromatic nitrogens is 1. The van der Waals surface area contributed by atoms with Crippen LogP contribution in [-0.4, -0.2) is 17.6 Å². The topological polar surface area (TPSA) is 48.4 Å². The van der Waals surface area contributed by atoms with Gasteiger partial charge in [-0.1, -0.05) is 17.7 Å². The number of nitrogens with zero attached hydrogens (tertiary/aromatic N) is 1. The molecule has 0 aliphatic rings. The first-order valence-electron chi connectivity index (χ1n) is 6.49. The Morgan fingerprint density at radius 2 is 2.04 bits per heavy atom. The maximum Gasteiger partial charge on any atom is 0.416 e. The highest BCUT2D eigenvalue weighted by atomic mass is 35.5. The van der Waals surface area contributed by atoms with Crippen molar-refractivity contribution < 1.29 is 27.4 Å². The molecule has 1 aromatic heterocycles. The van der Waals surface area contributed by atoms with E-state index in [0.29, 0.717) is 0 Å². The summed E-state index contributed by atoms with van der Waals surface area (Å²) >= 11 is 5.94. The Bertz CT molecular complexity index is 719. The Kier molecular flexibility index (Phi) is 5.10. The Labute approximate surface area is 134 Å². The van der Waals surface area contributed by atoms with Crippen LogP contribution in [0.15, 0.2) is 36.5 Å². The van der Waals surface area contributed by atoms with E-state index in [4.69, 9.17) is 21.1 Å². The average Bonchev–Trinajstić information content (AvgIpc) is 2.49. The van der Waals surface area contributed by atoms with Gasteiger partial charge in [-0.15, -0.1) is 0 Å². The molecule has 0 spiro atoms. The van der Waals surface area contributed by atoms with Crippen molar-refractivity contribution in [2.45, 2.75) is 13.1 Å². The van der Waals surface area contributed by atoms with Crippen molar-refractivity contribution in [2.24, 2.45) is 0 Å². The van der Waals surface area contributed by atoms with Crippen LogP contribution in [0, 0.1) is 0 Å². The molecule has 2 rings (SSSR count). The van der Waals surface area contributed by atoms with E-state index < -0.39 is 17.7 Å². The minimum atomic E-state index is -4.48. The van der Waals surface area contributed by atoms with E-state index in [9.17, 15) is 18.0 Å². The lowest BCUT2D eigenvalue weighted by Gasteiger charge is -2.10. The molecule has 122 valence electrons. The van der Waals surface area contributed by atoms with Gasteiger partial charge in [-0.2, -0.15) is 13.2 Å². The molecule has 0 fully saturated rings. The molecule has 0 saturated heterocycles. The van der Waals surface area contributed by atoms with Crippen LogP contribution in [0.4, 0.5) is 13.2 Å². The third-order valence-electron chi connectivity index (χ3n) is 2.69. The number of carbonyl (C=O) groups excluding carboxylic acids is 1. The van der Waals surface area contributed by atoms with Crippen molar-refractivity contribution in [3.8, 4) is 11.6 Å². The first kappa shape index (κ1) is 17.1. The van der Waals surface area contributed by atoms with Crippen LogP contribution in [0.3, 0.4) is 0 Å². The van der Waals surface area contributed by atoms with Gasteiger partial charge in [0.15, 0.2) is 0 Å². The number of pyridine rings is 1. The van der Waals surface area contributed by atoms with Crippen LogP contribution in [0.1, 0.15) is 22.8 Å². The van der Waals surface area contributed by atoms with Crippen LogP contribution in [0.5, 0.6) is 11.6 Å². The number of hydrogen-bond donors (Lipinski definition) is 0. The van der Waals surface area contributed by atoms with Crippen molar-refractivity contribution in [2.75, 3.05) is 6.61 Å². The second-order valence-electron chi connectivity index (χ2n) is 4.36. The zero-order chi connectivity index (χ0) is 17.0. The predicted octanol–water partition coefficient (Wildman–Crippen LogP) is 4.72. The van der Waals surface area contributed by atoms with E-state index in [-0.39, 0.29) is 28.8 Å². The van der Waals surface area contributed by atoms with Gasteiger partial charge >= 0.3 is 12.1 Å². The highest BCUT2D eigenvalue weighted by Gasteiger charge is 2.30. The van der Waals surface area contributed by atoms with Gasteiger partial charge in [0.1, 0.15) is 10.8 Å². The largest absolute Gasteiger partial charge is 0.462 e. The number of halogens is 4. The summed E-state index contributed by atoms with van der Waals surface area (Å²) in [6.07, 6.45) is -3.31. The summed E-state index contributed by atoms with van der Waals surface area (Å²) in [5.41, 5.74) is -0.734. The molecule has 8 heteroatoms. The Morgan fingerprint density at radius 3 is 2.65 bits per heavy atom. The van der Waals surface area contributed by atoms with E-state index >= 15 is 0 Å². The maximum absolute atomic E-state index is 12.7. The molecule has 4 nitrogen and oxygen atoms in total. The van der Waals surface area contributed by atoms with Gasteiger partial charge in [0, 0.05) is 6.20 Å². The first-order chi connectivity index (χ1) is 10.8. The van der Waals surface area contributed by atoms with Crippen LogP contribution in [-0.2, 0) is 10.9 Å². The number of esters is 1. The SMILES string of the molecule is CCOC(=O)c1cnc(Oc2cccc(C(F)(F)F)c2)c(Cl)c1. The molecule has 0 aliphatic heterocycles. The number of benzene rings is 1. The average molecular weight is 346 g/mol. The predicted molar refractivity (Wildman–Crippen MR) is 76.7 cm³/mol. The van der Waals surface area contributed by atoms with Gasteiger partial charge < -0.3 is 9.47 Å². The van der Waals surface area contributed by atoms with Gasteiger partial charge in [0.25, 0.3) is 0 Å². The monoisotopic (exact) mass is 345 g/mol. The molecular weight excluding hydrogens is 335 g/mol. The fraction of sp³-hybridized carbons (Fsp3) is 0.200. The van der Waals surface area contributed by atoms with Crippen molar-refractivity contribution in [3.63, 3.8) is 0 Å². The van der Waals surface area contributed by atoms with Crippen LogP contribution in [0.2, 0.25) is 5.02 Å². The van der Waals surface area contributed by atoms with Gasteiger partial charge in [-0.3, -0.25) is 0 Å². The molecule has 0 atom stereocenters. The molecule has 0 unspecified atom stereocenters. The number of rotatable bonds is 4. The van der Waals surface area contributed by atoms with Crippen LogP contribution < -0.4 is 4.74 Å². The molecule has 0 N–H and O–H groups in total. The highest BCUT2D eigenvalue weighted by molar-refractivity contribution is 6.32. The molecule has 0 radical (unpaired) electrons. The van der Waals surface area contributed by atoms with Gasteiger partial charge in [-0.25, -0.2) is 9.78 Å². The molecule has 0 aliphatic carbocycles. The summed E-state index contributed by atoms with van der Waals surface area (Å²) in [6, 6.07) is 5.57. The van der Waals surface area contributed by atoms with Crippen molar-refractivity contribution in [3.05, 3.63) is 52.7 Å². The minimum absolute atomic E-state index is 0.0204. The molecule has 0 bridgehead atoms. The quantitative estimate of drug-likeness (QED) is 0.752. The fourth-order valence-corrected chi connectivity index (χ4v) is 1.88. The van der Waals surface area contributed by atoms with Gasteiger partial charge in [0.05, 0.1) is 17.7 Å². The third-order valence-corrected chi connectivity index (χ3v) is 2.97. The lowest BCUT2D eigenvalue weighted by Crippen LogP contribution is -2.06. The molecule has 0 amide bonds. The molecule has 1 aromatic carbocycles. The normalized spacial score (nSPS) is 11.2. The molecule has 0 saturated carbocycles. The Balaban J connectivity index is 2.22. The minimum Gasteiger partial charge on any atom is -0.462 e. The Morgan fingerprint density at radius 1 is 1.30 bits per heavy atom. The smallest absolute Gasteiger partial charge is 0.416 e. The van der Waals surface area contributed by atoms with E-state index in [2.05, 4.69) is 4.98 Å². The fourth-order valence-electron chi connectivity index (χ4n) is 1.67. The van der Waals surface area contributed by atoms with E-state index in [1.807, 2.05) is 0 Å². The number of hydrogen-bond acceptors (Lipinski definition) is 4. The molecular formula is C15H11ClF3NO3. The van der Waals surface area contributed by atoms with Crippen molar-refractivity contribution in [1.29, 1.82) is 0 Å². The van der Waals surface area contributed by atoms with Crippen molar-refractivity contribution >= 4 is 17.6 Å². The van der Waals surface area contributed by atoms with E-state index in [1.54, 1.807) is 6.92 Å². The number of carbonyl (C=O) groups is 1. The van der Waals surface area contributed by atoms with Crippen LogP contribution >= 0.6 is 11.6 Å². The highest BCUT2D eigenvalue weighted by Crippen LogP contribution is 2.33. The van der Waals surface area contributed by atoms with E-state index in [1.165, 1.54) is 24.4 Å². The summed E-state index contributed by atoms with van der Waals surface area (Å²) in [7, 11) is 0. The molecule has 1 heterocycles. The lowest BCUT2D eigenvalue weighted by atomic mass is 10.2. The summed E-state index contributed by atoms with van der Waals surface area (Å²) < 4.78 is 48.0. The maximum atomic E-state index is 12.7. The second-order valence-corrected chi connectivity index (χ2v) is 4.77. The third kappa shape index (κ3) is 4.35. The van der Waals surface area contributed by atoms with E-state index in [0.717, 1.165) is 12.1 Å². The van der Waals surface area contributed by atoms with Gasteiger partial charge in [-0.05, 0) is 31.2 Å². The molecule has 23 heavy (non-hydrogen) atoms. The van der Waals surface area contributed by atoms with Gasteiger partial charge in [0.2, 0.25) is 5.88 Å². The standard InChI is InChI=1S/C15H11ClF3NO3/c1-2-22-14(21)9-6-12(16)13(20-8-9)23-11-5-3-4-10(7-11)15(17,18)19/h3-8H,2H2,1H3. The zero-order valence-corrected chi connectivity index (χ0v) is 12.6.